The second-order valence-corrected chi connectivity index (χ2v) is 8.97. The maximum atomic E-state index is 12.8. The van der Waals surface area contributed by atoms with Gasteiger partial charge in [-0.2, -0.15) is 0 Å². The summed E-state index contributed by atoms with van der Waals surface area (Å²) in [6.45, 7) is 4.55. The molecule has 0 spiro atoms. The minimum Gasteiger partial charge on any atom is -0.372 e. The van der Waals surface area contributed by atoms with E-state index in [4.69, 9.17) is 0 Å². The average molecular weight is 400 g/mol. The fraction of sp³-hybridized carbons (Fsp3) is 0.381. The number of amides is 1. The number of hydrogen-bond acceptors (Lipinski definition) is 4. The zero-order chi connectivity index (χ0) is 19.7. The van der Waals surface area contributed by atoms with Crippen molar-refractivity contribution in [3.8, 4) is 0 Å². The van der Waals surface area contributed by atoms with Crippen LogP contribution >= 0.6 is 0 Å². The monoisotopic (exact) mass is 399 g/mol. The molecule has 0 atom stereocenters. The molecule has 1 amide bonds. The SMILES string of the molecule is CCC(=O)N1CCc2cc(S(=O)(=O)Nc3ccc(N4CCCC4)cc3)ccc21. The van der Waals surface area contributed by atoms with E-state index in [1.165, 1.54) is 12.8 Å². The number of anilines is 3. The molecule has 0 bridgehead atoms. The van der Waals surface area contributed by atoms with Crippen LogP contribution in [-0.4, -0.2) is 34.0 Å². The van der Waals surface area contributed by atoms with Crippen molar-refractivity contribution < 1.29 is 13.2 Å². The van der Waals surface area contributed by atoms with E-state index in [1.807, 2.05) is 19.1 Å². The lowest BCUT2D eigenvalue weighted by atomic mass is 10.2. The Bertz CT molecular complexity index is 980. The number of hydrogen-bond donors (Lipinski definition) is 1. The highest BCUT2D eigenvalue weighted by molar-refractivity contribution is 7.92. The van der Waals surface area contributed by atoms with Gasteiger partial charge >= 0.3 is 0 Å². The van der Waals surface area contributed by atoms with Crippen LogP contribution in [0.15, 0.2) is 47.4 Å². The number of carbonyl (C=O) groups excluding carboxylic acids is 1. The van der Waals surface area contributed by atoms with Crippen LogP contribution in [0.1, 0.15) is 31.7 Å². The summed E-state index contributed by atoms with van der Waals surface area (Å²) in [6, 6.07) is 12.5. The van der Waals surface area contributed by atoms with Gasteiger partial charge in [-0.25, -0.2) is 8.42 Å². The van der Waals surface area contributed by atoms with E-state index >= 15 is 0 Å². The Hall–Kier alpha value is -2.54. The quantitative estimate of drug-likeness (QED) is 0.837. The minimum atomic E-state index is -3.68. The second kappa shape index (κ2) is 7.47. The molecule has 0 aliphatic carbocycles. The first-order valence-corrected chi connectivity index (χ1v) is 11.3. The number of fused-ring (bicyclic) bond motifs is 1. The van der Waals surface area contributed by atoms with Gasteiger partial charge in [-0.3, -0.25) is 9.52 Å². The molecule has 2 heterocycles. The van der Waals surface area contributed by atoms with Crippen LogP contribution in [0, 0.1) is 0 Å². The van der Waals surface area contributed by atoms with Crippen LogP contribution in [0.2, 0.25) is 0 Å². The van der Waals surface area contributed by atoms with E-state index in [1.54, 1.807) is 35.2 Å². The minimum absolute atomic E-state index is 0.0607. The van der Waals surface area contributed by atoms with Gasteiger partial charge in [0.25, 0.3) is 10.0 Å². The van der Waals surface area contributed by atoms with Crippen molar-refractivity contribution in [3.05, 3.63) is 48.0 Å². The molecule has 7 heteroatoms. The Morgan fingerprint density at radius 1 is 1.04 bits per heavy atom. The third kappa shape index (κ3) is 3.58. The Kier molecular flexibility index (Phi) is 5.02. The molecule has 0 unspecified atom stereocenters. The molecule has 1 N–H and O–H groups in total. The Balaban J connectivity index is 1.52. The first-order valence-electron chi connectivity index (χ1n) is 9.79. The molecule has 148 valence electrons. The van der Waals surface area contributed by atoms with Crippen molar-refractivity contribution in [2.24, 2.45) is 0 Å². The van der Waals surface area contributed by atoms with Crippen LogP contribution < -0.4 is 14.5 Å². The fourth-order valence-corrected chi connectivity index (χ4v) is 5.03. The summed E-state index contributed by atoms with van der Waals surface area (Å²) in [5, 5.41) is 0. The number of nitrogens with zero attached hydrogens (tertiary/aromatic N) is 2. The Morgan fingerprint density at radius 3 is 2.43 bits per heavy atom. The second-order valence-electron chi connectivity index (χ2n) is 7.29. The van der Waals surface area contributed by atoms with Gasteiger partial charge < -0.3 is 9.80 Å². The highest BCUT2D eigenvalue weighted by Crippen LogP contribution is 2.31. The summed E-state index contributed by atoms with van der Waals surface area (Å²) in [5.41, 5.74) is 3.39. The number of carbonyl (C=O) groups is 1. The van der Waals surface area contributed by atoms with Crippen molar-refractivity contribution >= 4 is 33.0 Å². The molecule has 1 fully saturated rings. The van der Waals surface area contributed by atoms with E-state index < -0.39 is 10.0 Å². The third-order valence-electron chi connectivity index (χ3n) is 5.45. The summed E-state index contributed by atoms with van der Waals surface area (Å²) in [5.74, 6) is 0.0607. The molecule has 6 nitrogen and oxygen atoms in total. The smallest absolute Gasteiger partial charge is 0.261 e. The first-order chi connectivity index (χ1) is 13.5. The Labute approximate surface area is 166 Å². The zero-order valence-electron chi connectivity index (χ0n) is 16.0. The molecule has 2 aromatic rings. The van der Waals surface area contributed by atoms with Crippen molar-refractivity contribution in [1.29, 1.82) is 0 Å². The number of benzene rings is 2. The van der Waals surface area contributed by atoms with Crippen LogP contribution in [0.5, 0.6) is 0 Å². The zero-order valence-corrected chi connectivity index (χ0v) is 16.8. The maximum Gasteiger partial charge on any atom is 0.261 e. The van der Waals surface area contributed by atoms with Crippen molar-refractivity contribution in [2.45, 2.75) is 37.5 Å². The average Bonchev–Trinajstić information content (AvgIpc) is 3.37. The summed E-state index contributed by atoms with van der Waals surface area (Å²) in [7, 11) is -3.68. The lowest BCUT2D eigenvalue weighted by Gasteiger charge is -2.18. The summed E-state index contributed by atoms with van der Waals surface area (Å²) >= 11 is 0. The predicted octanol–water partition coefficient (Wildman–Crippen LogP) is 3.39. The Morgan fingerprint density at radius 2 is 1.75 bits per heavy atom. The predicted molar refractivity (Wildman–Crippen MR) is 111 cm³/mol. The normalized spacial score (nSPS) is 16.3. The van der Waals surface area contributed by atoms with E-state index in [2.05, 4.69) is 9.62 Å². The lowest BCUT2D eigenvalue weighted by molar-refractivity contribution is -0.118. The van der Waals surface area contributed by atoms with Crippen LogP contribution in [0.3, 0.4) is 0 Å². The largest absolute Gasteiger partial charge is 0.372 e. The number of nitrogens with one attached hydrogen (secondary N) is 1. The molecular formula is C21H25N3O3S. The van der Waals surface area contributed by atoms with Gasteiger partial charge in [-0.1, -0.05) is 6.92 Å². The standard InChI is InChI=1S/C21H25N3O3S/c1-2-21(25)24-14-11-16-15-19(9-10-20(16)24)28(26,27)22-17-5-7-18(8-6-17)23-12-3-4-13-23/h5-10,15,22H,2-4,11-14H2,1H3. The van der Waals surface area contributed by atoms with Gasteiger partial charge in [-0.05, 0) is 67.3 Å². The molecule has 28 heavy (non-hydrogen) atoms. The van der Waals surface area contributed by atoms with Gasteiger partial charge in [-0.15, -0.1) is 0 Å². The third-order valence-corrected chi connectivity index (χ3v) is 6.83. The lowest BCUT2D eigenvalue weighted by Crippen LogP contribution is -2.27. The number of sulfonamides is 1. The van der Waals surface area contributed by atoms with Gasteiger partial charge in [0.15, 0.2) is 0 Å². The molecule has 2 aliphatic heterocycles. The summed E-state index contributed by atoms with van der Waals surface area (Å²) < 4.78 is 28.3. The van der Waals surface area contributed by atoms with Crippen LogP contribution in [0.4, 0.5) is 17.1 Å². The van der Waals surface area contributed by atoms with Gasteiger partial charge in [0.1, 0.15) is 0 Å². The highest BCUT2D eigenvalue weighted by atomic mass is 32.2. The van der Waals surface area contributed by atoms with E-state index in [-0.39, 0.29) is 10.8 Å². The maximum absolute atomic E-state index is 12.8. The summed E-state index contributed by atoms with van der Waals surface area (Å²) in [4.78, 5) is 16.3. The van der Waals surface area contributed by atoms with Crippen LogP contribution in [0.25, 0.3) is 0 Å². The first kappa shape index (κ1) is 18.8. The molecule has 1 saturated heterocycles. The highest BCUT2D eigenvalue weighted by Gasteiger charge is 2.26. The topological polar surface area (TPSA) is 69.7 Å². The van der Waals surface area contributed by atoms with Crippen LogP contribution in [-0.2, 0) is 21.2 Å². The molecule has 2 aliphatic rings. The van der Waals surface area contributed by atoms with Crippen molar-refractivity contribution in [1.82, 2.24) is 0 Å². The summed E-state index contributed by atoms with van der Waals surface area (Å²) in [6.07, 6.45) is 3.52. The number of rotatable bonds is 5. The van der Waals surface area contributed by atoms with Gasteiger partial charge in [0.05, 0.1) is 4.90 Å². The molecule has 0 aromatic heterocycles. The molecule has 4 rings (SSSR count). The van der Waals surface area contributed by atoms with E-state index in [0.717, 1.165) is 30.0 Å². The van der Waals surface area contributed by atoms with E-state index in [9.17, 15) is 13.2 Å². The van der Waals surface area contributed by atoms with Gasteiger partial charge in [0, 0.05) is 43.1 Å². The molecular weight excluding hydrogens is 374 g/mol. The van der Waals surface area contributed by atoms with E-state index in [0.29, 0.717) is 25.1 Å². The molecule has 0 saturated carbocycles. The molecule has 0 radical (unpaired) electrons. The van der Waals surface area contributed by atoms with Crippen molar-refractivity contribution in [3.63, 3.8) is 0 Å². The molecule has 2 aromatic carbocycles. The fourth-order valence-electron chi connectivity index (χ4n) is 3.92. The van der Waals surface area contributed by atoms with Gasteiger partial charge in [0.2, 0.25) is 5.91 Å². The van der Waals surface area contributed by atoms with Crippen molar-refractivity contribution in [2.75, 3.05) is 34.2 Å².